The molecule has 1 unspecified atom stereocenters. The Labute approximate surface area is 109 Å². The van der Waals surface area contributed by atoms with E-state index in [4.69, 9.17) is 0 Å². The average Bonchev–Trinajstić information content (AvgIpc) is 2.34. The molecule has 0 saturated heterocycles. The monoisotopic (exact) mass is 254 g/mol. The molecule has 0 aliphatic rings. The fourth-order valence-corrected chi connectivity index (χ4v) is 1.97. The van der Waals surface area contributed by atoms with Crippen molar-refractivity contribution in [3.05, 3.63) is 29.6 Å². The molecular formula is C14H23FN2O. The Morgan fingerprint density at radius 2 is 2.00 bits per heavy atom. The highest BCUT2D eigenvalue weighted by Gasteiger charge is 2.10. The predicted molar refractivity (Wildman–Crippen MR) is 72.3 cm³/mol. The van der Waals surface area contributed by atoms with Crippen molar-refractivity contribution in [1.82, 2.24) is 10.2 Å². The lowest BCUT2D eigenvalue weighted by molar-refractivity contribution is 0.297. The third kappa shape index (κ3) is 4.27. The molecule has 18 heavy (non-hydrogen) atoms. The smallest absolute Gasteiger partial charge is 0.126 e. The summed E-state index contributed by atoms with van der Waals surface area (Å²) in [5.74, 6) is -0.399. The van der Waals surface area contributed by atoms with Gasteiger partial charge in [0.1, 0.15) is 11.6 Å². The maximum absolute atomic E-state index is 12.9. The highest BCUT2D eigenvalue weighted by Crippen LogP contribution is 2.24. The van der Waals surface area contributed by atoms with Gasteiger partial charge in [-0.1, -0.05) is 19.9 Å². The van der Waals surface area contributed by atoms with E-state index in [0.29, 0.717) is 0 Å². The van der Waals surface area contributed by atoms with Crippen LogP contribution in [0.5, 0.6) is 5.75 Å². The molecule has 4 heteroatoms. The number of aromatic hydroxyl groups is 1. The molecule has 102 valence electrons. The molecule has 0 aliphatic heterocycles. The van der Waals surface area contributed by atoms with Gasteiger partial charge in [-0.3, -0.25) is 0 Å². The molecule has 1 atom stereocenters. The molecule has 1 aromatic carbocycles. The molecule has 1 rings (SSSR count). The zero-order valence-corrected chi connectivity index (χ0v) is 11.4. The molecular weight excluding hydrogens is 231 g/mol. The lowest BCUT2D eigenvalue weighted by Gasteiger charge is -2.21. The Bertz CT molecular complexity index is 367. The van der Waals surface area contributed by atoms with E-state index in [2.05, 4.69) is 24.1 Å². The minimum atomic E-state index is -0.411. The fourth-order valence-electron chi connectivity index (χ4n) is 1.97. The Morgan fingerprint density at radius 3 is 2.56 bits per heavy atom. The van der Waals surface area contributed by atoms with Gasteiger partial charge in [0.15, 0.2) is 0 Å². The highest BCUT2D eigenvalue weighted by atomic mass is 19.1. The maximum atomic E-state index is 12.9. The van der Waals surface area contributed by atoms with Crippen LogP contribution in [0.3, 0.4) is 0 Å². The summed E-state index contributed by atoms with van der Waals surface area (Å²) in [4.78, 5) is 2.32. The van der Waals surface area contributed by atoms with Crippen molar-refractivity contribution in [1.29, 1.82) is 0 Å². The van der Waals surface area contributed by atoms with Crippen molar-refractivity contribution < 1.29 is 9.50 Å². The van der Waals surface area contributed by atoms with Crippen molar-refractivity contribution in [3.8, 4) is 5.75 Å². The fraction of sp³-hybridized carbons (Fsp3) is 0.571. The summed E-state index contributed by atoms with van der Waals surface area (Å²) in [6.07, 6.45) is 0. The lowest BCUT2D eigenvalue weighted by Crippen LogP contribution is -2.33. The molecule has 0 radical (unpaired) electrons. The Morgan fingerprint density at radius 1 is 1.33 bits per heavy atom. The number of likely N-dealkylation sites (N-methyl/N-ethyl adjacent to an activating group) is 1. The Balaban J connectivity index is 2.47. The van der Waals surface area contributed by atoms with Crippen LogP contribution in [0.2, 0.25) is 0 Å². The van der Waals surface area contributed by atoms with Crippen LogP contribution in [0, 0.1) is 5.82 Å². The first kappa shape index (κ1) is 14.9. The van der Waals surface area contributed by atoms with Gasteiger partial charge in [-0.2, -0.15) is 0 Å². The largest absolute Gasteiger partial charge is 0.508 e. The van der Waals surface area contributed by atoms with Crippen LogP contribution in [0.15, 0.2) is 18.2 Å². The first-order chi connectivity index (χ1) is 8.58. The lowest BCUT2D eigenvalue weighted by atomic mass is 10.1. The average molecular weight is 254 g/mol. The van der Waals surface area contributed by atoms with E-state index in [9.17, 15) is 9.50 Å². The van der Waals surface area contributed by atoms with Crippen LogP contribution in [-0.2, 0) is 0 Å². The van der Waals surface area contributed by atoms with Crippen LogP contribution in [0.4, 0.5) is 4.39 Å². The molecule has 1 aromatic rings. The first-order valence-electron chi connectivity index (χ1n) is 6.52. The van der Waals surface area contributed by atoms with Crippen molar-refractivity contribution in [2.75, 3.05) is 26.2 Å². The van der Waals surface area contributed by atoms with E-state index in [1.807, 2.05) is 6.92 Å². The number of hydrogen-bond acceptors (Lipinski definition) is 3. The summed E-state index contributed by atoms with van der Waals surface area (Å²) in [5, 5.41) is 13.0. The molecule has 0 amide bonds. The number of nitrogens with one attached hydrogen (secondary N) is 1. The summed E-state index contributed by atoms with van der Waals surface area (Å²) in [6.45, 7) is 10.1. The second kappa shape index (κ2) is 7.34. The Hall–Kier alpha value is -1.13. The predicted octanol–water partition coefficient (Wildman–Crippen LogP) is 2.52. The standard InChI is InChI=1S/C14H23FN2O/c1-4-17(5-2)9-8-16-11(3)13-7-6-12(15)10-14(13)18/h6-7,10-11,16,18H,4-5,8-9H2,1-3H3. The van der Waals surface area contributed by atoms with E-state index in [0.717, 1.165) is 37.8 Å². The van der Waals surface area contributed by atoms with E-state index in [1.165, 1.54) is 6.07 Å². The summed E-state index contributed by atoms with van der Waals surface area (Å²) in [6, 6.07) is 4.16. The first-order valence-corrected chi connectivity index (χ1v) is 6.52. The molecule has 2 N–H and O–H groups in total. The van der Waals surface area contributed by atoms with Gasteiger partial charge in [0.25, 0.3) is 0 Å². The van der Waals surface area contributed by atoms with Gasteiger partial charge in [0.2, 0.25) is 0 Å². The van der Waals surface area contributed by atoms with Crippen LogP contribution < -0.4 is 5.32 Å². The van der Waals surface area contributed by atoms with E-state index >= 15 is 0 Å². The molecule has 0 fully saturated rings. The van der Waals surface area contributed by atoms with Gasteiger partial charge >= 0.3 is 0 Å². The zero-order valence-electron chi connectivity index (χ0n) is 11.4. The summed E-state index contributed by atoms with van der Waals surface area (Å²) < 4.78 is 12.9. The van der Waals surface area contributed by atoms with Gasteiger partial charge < -0.3 is 15.3 Å². The van der Waals surface area contributed by atoms with E-state index in [-0.39, 0.29) is 11.8 Å². The number of phenolic OH excluding ortho intramolecular Hbond substituents is 1. The molecule has 0 aliphatic carbocycles. The minimum Gasteiger partial charge on any atom is -0.508 e. The quantitative estimate of drug-likeness (QED) is 0.785. The van der Waals surface area contributed by atoms with Crippen molar-refractivity contribution >= 4 is 0 Å². The van der Waals surface area contributed by atoms with Crippen LogP contribution in [0.1, 0.15) is 32.4 Å². The van der Waals surface area contributed by atoms with Crippen LogP contribution in [-0.4, -0.2) is 36.2 Å². The molecule has 0 bridgehead atoms. The van der Waals surface area contributed by atoms with Crippen molar-refractivity contribution in [3.63, 3.8) is 0 Å². The summed E-state index contributed by atoms with van der Waals surface area (Å²) in [5.41, 5.74) is 0.732. The van der Waals surface area contributed by atoms with Gasteiger partial charge in [-0.25, -0.2) is 4.39 Å². The third-order valence-corrected chi connectivity index (χ3v) is 3.23. The number of rotatable bonds is 7. The van der Waals surface area contributed by atoms with Gasteiger partial charge in [-0.15, -0.1) is 0 Å². The van der Waals surface area contributed by atoms with Gasteiger partial charge in [-0.05, 0) is 26.1 Å². The van der Waals surface area contributed by atoms with Crippen molar-refractivity contribution in [2.24, 2.45) is 0 Å². The molecule has 0 spiro atoms. The Kier molecular flexibility index (Phi) is 6.09. The number of hydrogen-bond donors (Lipinski definition) is 2. The van der Waals surface area contributed by atoms with Gasteiger partial charge in [0, 0.05) is 30.8 Å². The van der Waals surface area contributed by atoms with E-state index < -0.39 is 5.82 Å². The molecule has 3 nitrogen and oxygen atoms in total. The normalized spacial score (nSPS) is 12.9. The summed E-state index contributed by atoms with van der Waals surface area (Å²) in [7, 11) is 0. The topological polar surface area (TPSA) is 35.5 Å². The molecule has 0 heterocycles. The number of nitrogens with zero attached hydrogens (tertiary/aromatic N) is 1. The third-order valence-electron chi connectivity index (χ3n) is 3.23. The van der Waals surface area contributed by atoms with Crippen LogP contribution >= 0.6 is 0 Å². The van der Waals surface area contributed by atoms with E-state index in [1.54, 1.807) is 6.07 Å². The van der Waals surface area contributed by atoms with Crippen LogP contribution in [0.25, 0.3) is 0 Å². The van der Waals surface area contributed by atoms with Crippen molar-refractivity contribution in [2.45, 2.75) is 26.8 Å². The van der Waals surface area contributed by atoms with Gasteiger partial charge in [0.05, 0.1) is 0 Å². The number of benzene rings is 1. The maximum Gasteiger partial charge on any atom is 0.126 e. The minimum absolute atomic E-state index is 0.0119. The summed E-state index contributed by atoms with van der Waals surface area (Å²) >= 11 is 0. The molecule has 0 saturated carbocycles. The second-order valence-electron chi connectivity index (χ2n) is 4.41. The number of halogens is 1. The number of phenols is 1. The zero-order chi connectivity index (χ0) is 13.5. The SMILES string of the molecule is CCN(CC)CCNC(C)c1ccc(F)cc1O. The molecule has 0 aromatic heterocycles. The second-order valence-corrected chi connectivity index (χ2v) is 4.41. The highest BCUT2D eigenvalue weighted by molar-refractivity contribution is 5.34.